The minimum Gasteiger partial charge on any atom is -0.497 e. The third kappa shape index (κ3) is 5.37. The summed E-state index contributed by atoms with van der Waals surface area (Å²) in [5.41, 5.74) is 1.65. The highest BCUT2D eigenvalue weighted by Crippen LogP contribution is 2.34. The number of esters is 2. The quantitative estimate of drug-likeness (QED) is 0.439. The number of benzene rings is 1. The molecular formula is C23H24N2O8S. The van der Waals surface area contributed by atoms with Gasteiger partial charge in [0.25, 0.3) is 11.8 Å². The van der Waals surface area contributed by atoms with Crippen LogP contribution in [0.25, 0.3) is 11.0 Å². The van der Waals surface area contributed by atoms with Crippen molar-refractivity contribution in [3.63, 3.8) is 0 Å². The van der Waals surface area contributed by atoms with Crippen molar-refractivity contribution in [2.45, 2.75) is 20.3 Å². The largest absolute Gasteiger partial charge is 0.497 e. The molecule has 0 spiro atoms. The molecule has 0 bridgehead atoms. The summed E-state index contributed by atoms with van der Waals surface area (Å²) >= 11 is 0.936. The standard InChI is InChI=1S/C23H24N2O8S/c1-5-31-23(29)19-12(2)20(21(28)24-3)34-22(19)25-17(26)11-33-18(27)8-13-10-32-16-9-14(30-4)6-7-15(13)16/h6-7,9-10H,5,8,11H2,1-4H3,(H,24,28)(H,25,26). The Balaban J connectivity index is 1.66. The fraction of sp³-hybridized carbons (Fsp3) is 0.304. The Morgan fingerprint density at radius 1 is 1.15 bits per heavy atom. The number of fused-ring (bicyclic) bond motifs is 1. The second-order valence-corrected chi connectivity index (χ2v) is 8.09. The number of hydrogen-bond acceptors (Lipinski definition) is 9. The lowest BCUT2D eigenvalue weighted by Gasteiger charge is -2.08. The van der Waals surface area contributed by atoms with Crippen LogP contribution in [-0.4, -0.2) is 51.1 Å². The summed E-state index contributed by atoms with van der Waals surface area (Å²) < 4.78 is 20.7. The molecule has 0 unspecified atom stereocenters. The summed E-state index contributed by atoms with van der Waals surface area (Å²) in [5, 5.41) is 5.90. The minimum absolute atomic E-state index is 0.0884. The number of hydrogen-bond donors (Lipinski definition) is 2. The van der Waals surface area contributed by atoms with E-state index < -0.39 is 30.4 Å². The lowest BCUT2D eigenvalue weighted by atomic mass is 10.1. The Kier molecular flexibility index (Phi) is 7.90. The Bertz CT molecular complexity index is 1240. The van der Waals surface area contributed by atoms with Crippen molar-refractivity contribution < 1.29 is 37.8 Å². The number of methoxy groups -OCH3 is 1. The van der Waals surface area contributed by atoms with Crippen LogP contribution < -0.4 is 15.4 Å². The number of anilines is 1. The van der Waals surface area contributed by atoms with E-state index in [9.17, 15) is 19.2 Å². The van der Waals surface area contributed by atoms with E-state index in [1.165, 1.54) is 13.3 Å². The zero-order valence-corrected chi connectivity index (χ0v) is 19.9. The molecule has 2 amide bonds. The minimum atomic E-state index is -0.665. The maximum atomic E-state index is 12.4. The molecule has 0 radical (unpaired) electrons. The summed E-state index contributed by atoms with van der Waals surface area (Å²) in [6.07, 6.45) is 1.35. The first-order valence-corrected chi connectivity index (χ1v) is 11.1. The van der Waals surface area contributed by atoms with Crippen molar-refractivity contribution in [3.8, 4) is 5.75 Å². The fourth-order valence-electron chi connectivity index (χ4n) is 3.22. The van der Waals surface area contributed by atoms with Gasteiger partial charge in [-0.15, -0.1) is 11.3 Å². The molecule has 1 aromatic carbocycles. The van der Waals surface area contributed by atoms with Crippen LogP contribution in [-0.2, 0) is 25.5 Å². The van der Waals surface area contributed by atoms with E-state index in [4.69, 9.17) is 18.6 Å². The van der Waals surface area contributed by atoms with Crippen LogP contribution in [0.5, 0.6) is 5.75 Å². The second kappa shape index (κ2) is 10.8. The van der Waals surface area contributed by atoms with Crippen molar-refractivity contribution in [2.75, 3.05) is 32.7 Å². The maximum Gasteiger partial charge on any atom is 0.341 e. The van der Waals surface area contributed by atoms with Crippen molar-refractivity contribution in [1.82, 2.24) is 5.32 Å². The lowest BCUT2D eigenvalue weighted by Crippen LogP contribution is -2.22. The molecule has 3 aromatic rings. The van der Waals surface area contributed by atoms with Crippen molar-refractivity contribution in [2.24, 2.45) is 0 Å². The highest BCUT2D eigenvalue weighted by atomic mass is 32.1. The zero-order valence-electron chi connectivity index (χ0n) is 19.1. The summed E-state index contributed by atoms with van der Waals surface area (Å²) in [6, 6.07) is 5.22. The van der Waals surface area contributed by atoms with Crippen LogP contribution in [0.4, 0.5) is 5.00 Å². The zero-order chi connectivity index (χ0) is 24.8. The van der Waals surface area contributed by atoms with E-state index >= 15 is 0 Å². The van der Waals surface area contributed by atoms with Gasteiger partial charge >= 0.3 is 11.9 Å². The van der Waals surface area contributed by atoms with Crippen molar-refractivity contribution in [3.05, 3.63) is 46.0 Å². The van der Waals surface area contributed by atoms with Gasteiger partial charge in [0.2, 0.25) is 0 Å². The SMILES string of the molecule is CCOC(=O)c1c(NC(=O)COC(=O)Cc2coc3cc(OC)ccc23)sc(C(=O)NC)c1C. The van der Waals surface area contributed by atoms with E-state index in [1.54, 1.807) is 39.2 Å². The van der Waals surface area contributed by atoms with E-state index in [0.717, 1.165) is 16.7 Å². The first-order chi connectivity index (χ1) is 16.3. The first-order valence-electron chi connectivity index (χ1n) is 10.3. The molecule has 10 nitrogen and oxygen atoms in total. The molecule has 2 aromatic heterocycles. The molecule has 0 fully saturated rings. The molecule has 0 saturated heterocycles. The Hall–Kier alpha value is -3.86. The number of ether oxygens (including phenoxy) is 3. The maximum absolute atomic E-state index is 12.4. The van der Waals surface area contributed by atoms with Gasteiger partial charge in [0.05, 0.1) is 36.8 Å². The predicted octanol–water partition coefficient (Wildman–Crippen LogP) is 3.07. The lowest BCUT2D eigenvalue weighted by molar-refractivity contribution is -0.146. The van der Waals surface area contributed by atoms with Gasteiger partial charge in [-0.3, -0.25) is 14.4 Å². The van der Waals surface area contributed by atoms with Crippen molar-refractivity contribution in [1.29, 1.82) is 0 Å². The van der Waals surface area contributed by atoms with Gasteiger partial charge in [-0.05, 0) is 31.5 Å². The molecule has 0 aliphatic rings. The van der Waals surface area contributed by atoms with Gasteiger partial charge in [0.15, 0.2) is 6.61 Å². The van der Waals surface area contributed by atoms with E-state index in [-0.39, 0.29) is 28.5 Å². The molecule has 11 heteroatoms. The third-order valence-electron chi connectivity index (χ3n) is 4.87. The van der Waals surface area contributed by atoms with E-state index in [2.05, 4.69) is 10.6 Å². The van der Waals surface area contributed by atoms with Crippen LogP contribution in [0.15, 0.2) is 28.9 Å². The molecule has 0 saturated carbocycles. The van der Waals surface area contributed by atoms with Gasteiger partial charge in [-0.1, -0.05) is 0 Å². The molecule has 34 heavy (non-hydrogen) atoms. The summed E-state index contributed by atoms with van der Waals surface area (Å²) in [4.78, 5) is 49.5. The Morgan fingerprint density at radius 2 is 1.91 bits per heavy atom. The predicted molar refractivity (Wildman–Crippen MR) is 124 cm³/mol. The van der Waals surface area contributed by atoms with E-state index in [0.29, 0.717) is 22.5 Å². The smallest absolute Gasteiger partial charge is 0.341 e. The number of rotatable bonds is 9. The summed E-state index contributed by atoms with van der Waals surface area (Å²) in [7, 11) is 3.00. The topological polar surface area (TPSA) is 133 Å². The molecule has 3 rings (SSSR count). The van der Waals surface area contributed by atoms with E-state index in [1.807, 2.05) is 0 Å². The van der Waals surface area contributed by atoms with Crippen LogP contribution in [0, 0.1) is 6.92 Å². The van der Waals surface area contributed by atoms with Crippen molar-refractivity contribution >= 4 is 51.1 Å². The van der Waals surface area contributed by atoms with Gasteiger partial charge in [0, 0.05) is 24.1 Å². The molecule has 0 aliphatic heterocycles. The molecule has 2 heterocycles. The molecule has 0 aliphatic carbocycles. The number of nitrogens with one attached hydrogen (secondary N) is 2. The number of carbonyl (C=O) groups is 4. The Labute approximate surface area is 199 Å². The van der Waals surface area contributed by atoms with Gasteiger partial charge in [-0.25, -0.2) is 4.79 Å². The van der Waals surface area contributed by atoms with Crippen LogP contribution >= 0.6 is 11.3 Å². The average Bonchev–Trinajstić information content (AvgIpc) is 3.37. The van der Waals surface area contributed by atoms with Crippen LogP contribution in [0.1, 0.15) is 38.1 Å². The van der Waals surface area contributed by atoms with Gasteiger partial charge < -0.3 is 29.3 Å². The van der Waals surface area contributed by atoms with Crippen LogP contribution in [0.2, 0.25) is 0 Å². The third-order valence-corrected chi connectivity index (χ3v) is 6.08. The monoisotopic (exact) mass is 488 g/mol. The van der Waals surface area contributed by atoms with Gasteiger partial charge in [-0.2, -0.15) is 0 Å². The normalized spacial score (nSPS) is 10.6. The molecule has 0 atom stereocenters. The molecule has 2 N–H and O–H groups in total. The molecular weight excluding hydrogens is 464 g/mol. The number of furan rings is 1. The summed E-state index contributed by atoms with van der Waals surface area (Å²) in [6.45, 7) is 2.80. The van der Waals surface area contributed by atoms with Gasteiger partial charge in [0.1, 0.15) is 16.3 Å². The van der Waals surface area contributed by atoms with Crippen LogP contribution in [0.3, 0.4) is 0 Å². The highest BCUT2D eigenvalue weighted by molar-refractivity contribution is 7.18. The number of thiophene rings is 1. The number of amides is 2. The highest BCUT2D eigenvalue weighted by Gasteiger charge is 2.26. The first kappa shape index (κ1) is 24.8. The second-order valence-electron chi connectivity index (χ2n) is 7.07. The average molecular weight is 489 g/mol. The summed E-state index contributed by atoms with van der Waals surface area (Å²) in [5.74, 6) is -1.73. The fourth-order valence-corrected chi connectivity index (χ4v) is 4.38. The Morgan fingerprint density at radius 3 is 2.59 bits per heavy atom. The molecule has 180 valence electrons. The number of carbonyl (C=O) groups excluding carboxylic acids is 4.